The third kappa shape index (κ3) is 5.64. The van der Waals surface area contributed by atoms with Crippen molar-refractivity contribution in [2.75, 3.05) is 18.4 Å². The Labute approximate surface area is 177 Å². The Balaban J connectivity index is 2.21. The van der Waals surface area contributed by atoms with Crippen molar-refractivity contribution >= 4 is 27.5 Å². The van der Waals surface area contributed by atoms with Crippen molar-refractivity contribution in [3.05, 3.63) is 54.4 Å². The predicted octanol–water partition coefficient (Wildman–Crippen LogP) is 2.51. The number of hydrogen-bond acceptors (Lipinski definition) is 5. The number of hydrogen-bond donors (Lipinski definition) is 2. The van der Waals surface area contributed by atoms with Crippen molar-refractivity contribution in [1.82, 2.24) is 14.6 Å². The molecule has 0 unspecified atom stereocenters. The van der Waals surface area contributed by atoms with E-state index in [0.717, 1.165) is 0 Å². The van der Waals surface area contributed by atoms with Crippen LogP contribution in [0.3, 0.4) is 0 Å². The van der Waals surface area contributed by atoms with Gasteiger partial charge in [-0.1, -0.05) is 33.8 Å². The summed E-state index contributed by atoms with van der Waals surface area (Å²) >= 11 is 0. The third-order valence-electron chi connectivity index (χ3n) is 4.60. The average Bonchev–Trinajstić information content (AvgIpc) is 2.73. The average molecular weight is 433 g/mol. The molecule has 0 aliphatic rings. The highest BCUT2D eigenvalue weighted by atomic mass is 32.2. The molecule has 162 valence electrons. The lowest BCUT2D eigenvalue weighted by molar-refractivity contribution is -0.118. The molecule has 9 heteroatoms. The highest BCUT2D eigenvalue weighted by Crippen LogP contribution is 2.17. The maximum absolute atomic E-state index is 12.8. The molecule has 1 atom stereocenters. The number of aromatic nitrogens is 1. The van der Waals surface area contributed by atoms with E-state index in [1.165, 1.54) is 34.8 Å². The Morgan fingerprint density at radius 2 is 1.80 bits per heavy atom. The maximum Gasteiger partial charge on any atom is 0.251 e. The molecule has 1 heterocycles. The van der Waals surface area contributed by atoms with Crippen molar-refractivity contribution in [2.45, 2.75) is 38.6 Å². The summed E-state index contributed by atoms with van der Waals surface area (Å²) in [4.78, 5) is 29.4. The topological polar surface area (TPSA) is 108 Å². The number of pyridine rings is 1. The van der Waals surface area contributed by atoms with Crippen molar-refractivity contribution in [2.24, 2.45) is 5.92 Å². The van der Waals surface area contributed by atoms with Gasteiger partial charge >= 0.3 is 0 Å². The second-order valence-corrected chi connectivity index (χ2v) is 8.98. The van der Waals surface area contributed by atoms with E-state index >= 15 is 0 Å². The Bertz CT molecular complexity index is 974. The highest BCUT2D eigenvalue weighted by molar-refractivity contribution is 7.89. The Kier molecular flexibility index (Phi) is 8.08. The fourth-order valence-electron chi connectivity index (χ4n) is 2.93. The first-order chi connectivity index (χ1) is 14.2. The summed E-state index contributed by atoms with van der Waals surface area (Å²) in [6.07, 6.45) is 3.11. The van der Waals surface area contributed by atoms with Gasteiger partial charge in [-0.2, -0.15) is 4.31 Å². The molecular formula is C21H28N4O4S. The largest absolute Gasteiger partial charge is 0.340 e. The SMILES string of the molecule is CCN(CC)S(=O)(=O)c1cccc(C(=O)N[C@H](C(=O)Nc2cccnc2)C(C)C)c1. The standard InChI is InChI=1S/C21H28N4O4S/c1-5-25(6-2)30(28,29)18-11-7-9-16(13-18)20(26)24-19(15(3)4)21(27)23-17-10-8-12-22-14-17/h7-15,19H,5-6H2,1-4H3,(H,23,27)(H,24,26)/t19-/m0/s1. The van der Waals surface area contributed by atoms with Crippen molar-refractivity contribution in [3.8, 4) is 0 Å². The van der Waals surface area contributed by atoms with Crippen molar-refractivity contribution in [3.63, 3.8) is 0 Å². The van der Waals surface area contributed by atoms with Gasteiger partial charge in [0.05, 0.1) is 16.8 Å². The van der Waals surface area contributed by atoms with Gasteiger partial charge in [-0.25, -0.2) is 8.42 Å². The molecular weight excluding hydrogens is 404 g/mol. The zero-order chi connectivity index (χ0) is 22.3. The monoisotopic (exact) mass is 432 g/mol. The molecule has 0 bridgehead atoms. The van der Waals surface area contributed by atoms with Crippen LogP contribution in [0.5, 0.6) is 0 Å². The molecule has 2 aromatic rings. The van der Waals surface area contributed by atoms with E-state index in [1.807, 2.05) is 13.8 Å². The lowest BCUT2D eigenvalue weighted by atomic mass is 10.0. The summed E-state index contributed by atoms with van der Waals surface area (Å²) in [7, 11) is -3.69. The molecule has 0 spiro atoms. The van der Waals surface area contributed by atoms with Crippen LogP contribution in [0.1, 0.15) is 38.1 Å². The summed E-state index contributed by atoms with van der Waals surface area (Å²) in [5.74, 6) is -1.09. The van der Waals surface area contributed by atoms with E-state index in [0.29, 0.717) is 18.8 Å². The van der Waals surface area contributed by atoms with Crippen LogP contribution in [0.2, 0.25) is 0 Å². The number of benzene rings is 1. The number of carbonyl (C=O) groups excluding carboxylic acids is 2. The number of rotatable bonds is 9. The third-order valence-corrected chi connectivity index (χ3v) is 6.65. The van der Waals surface area contributed by atoms with Gasteiger partial charge in [0.15, 0.2) is 0 Å². The Morgan fingerprint density at radius 1 is 1.10 bits per heavy atom. The first-order valence-electron chi connectivity index (χ1n) is 9.82. The molecule has 1 aromatic carbocycles. The Hall–Kier alpha value is -2.78. The molecule has 8 nitrogen and oxygen atoms in total. The molecule has 0 aliphatic carbocycles. The van der Waals surface area contributed by atoms with Crippen LogP contribution in [0.4, 0.5) is 5.69 Å². The number of anilines is 1. The number of nitrogens with one attached hydrogen (secondary N) is 2. The molecule has 30 heavy (non-hydrogen) atoms. The van der Waals surface area contributed by atoms with Crippen molar-refractivity contribution in [1.29, 1.82) is 0 Å². The summed E-state index contributed by atoms with van der Waals surface area (Å²) in [5.41, 5.74) is 0.692. The summed E-state index contributed by atoms with van der Waals surface area (Å²) < 4.78 is 26.8. The van der Waals surface area contributed by atoms with E-state index in [2.05, 4.69) is 15.6 Å². The minimum absolute atomic E-state index is 0.0414. The fourth-order valence-corrected chi connectivity index (χ4v) is 4.43. The van der Waals surface area contributed by atoms with E-state index in [1.54, 1.807) is 32.2 Å². The van der Waals surface area contributed by atoms with Gasteiger partial charge in [0, 0.05) is 24.8 Å². The number of carbonyl (C=O) groups is 2. The van der Waals surface area contributed by atoms with Gasteiger partial charge in [0.1, 0.15) is 6.04 Å². The zero-order valence-electron chi connectivity index (χ0n) is 17.6. The van der Waals surface area contributed by atoms with Gasteiger partial charge in [-0.3, -0.25) is 14.6 Å². The zero-order valence-corrected chi connectivity index (χ0v) is 18.4. The van der Waals surface area contributed by atoms with E-state index in [9.17, 15) is 18.0 Å². The molecule has 2 rings (SSSR count). The molecule has 0 saturated carbocycles. The summed E-state index contributed by atoms with van der Waals surface area (Å²) in [6.45, 7) is 7.81. The van der Waals surface area contributed by atoms with Crippen LogP contribution in [-0.2, 0) is 14.8 Å². The molecule has 1 aromatic heterocycles. The molecule has 2 N–H and O–H groups in total. The first-order valence-corrected chi connectivity index (χ1v) is 11.3. The normalized spacial score (nSPS) is 12.6. The second-order valence-electron chi connectivity index (χ2n) is 7.04. The fraction of sp³-hybridized carbons (Fsp3) is 0.381. The van der Waals surface area contributed by atoms with Crippen LogP contribution in [0.25, 0.3) is 0 Å². The predicted molar refractivity (Wildman–Crippen MR) is 116 cm³/mol. The summed E-state index contributed by atoms with van der Waals surface area (Å²) in [5, 5.41) is 5.44. The molecule has 0 fully saturated rings. The smallest absolute Gasteiger partial charge is 0.251 e. The van der Waals surface area contributed by atoms with Gasteiger partial charge in [-0.05, 0) is 36.2 Å². The van der Waals surface area contributed by atoms with E-state index < -0.39 is 22.0 Å². The lowest BCUT2D eigenvalue weighted by Gasteiger charge is -2.22. The van der Waals surface area contributed by atoms with Crippen LogP contribution in [0, 0.1) is 5.92 Å². The quantitative estimate of drug-likeness (QED) is 0.633. The minimum Gasteiger partial charge on any atom is -0.340 e. The van der Waals surface area contributed by atoms with Gasteiger partial charge in [-0.15, -0.1) is 0 Å². The van der Waals surface area contributed by atoms with E-state index in [-0.39, 0.29) is 22.3 Å². The molecule has 0 radical (unpaired) electrons. The minimum atomic E-state index is -3.69. The van der Waals surface area contributed by atoms with Crippen molar-refractivity contribution < 1.29 is 18.0 Å². The van der Waals surface area contributed by atoms with Gasteiger partial charge in [0.25, 0.3) is 5.91 Å². The van der Waals surface area contributed by atoms with Gasteiger partial charge in [0.2, 0.25) is 15.9 Å². The first kappa shape index (κ1) is 23.5. The number of amides is 2. The molecule has 0 aliphatic heterocycles. The summed E-state index contributed by atoms with van der Waals surface area (Å²) in [6, 6.07) is 8.42. The van der Waals surface area contributed by atoms with E-state index in [4.69, 9.17) is 0 Å². The van der Waals surface area contributed by atoms with Crippen LogP contribution in [-0.4, -0.2) is 48.7 Å². The molecule has 0 saturated heterocycles. The Morgan fingerprint density at radius 3 is 2.37 bits per heavy atom. The molecule has 2 amide bonds. The lowest BCUT2D eigenvalue weighted by Crippen LogP contribution is -2.47. The second kappa shape index (κ2) is 10.3. The number of sulfonamides is 1. The van der Waals surface area contributed by atoms with Crippen LogP contribution < -0.4 is 10.6 Å². The number of nitrogens with zero attached hydrogens (tertiary/aromatic N) is 2. The maximum atomic E-state index is 12.8. The van der Waals surface area contributed by atoms with Crippen LogP contribution in [0.15, 0.2) is 53.7 Å². The highest BCUT2D eigenvalue weighted by Gasteiger charge is 2.26. The van der Waals surface area contributed by atoms with Gasteiger partial charge < -0.3 is 10.6 Å². The van der Waals surface area contributed by atoms with Crippen LogP contribution >= 0.6 is 0 Å².